The first kappa shape index (κ1) is 18.4. The number of hydrogen-bond acceptors (Lipinski definition) is 6. The van der Waals surface area contributed by atoms with E-state index < -0.39 is 0 Å². The summed E-state index contributed by atoms with van der Waals surface area (Å²) in [7, 11) is 2.00. The average molecular weight is 387 g/mol. The molecule has 4 rings (SSSR count). The molecule has 1 aliphatic rings. The minimum absolute atomic E-state index is 0.0625. The number of nitrogens with zero attached hydrogens (tertiary/aromatic N) is 4. The number of aliphatic hydroxyl groups excluding tert-OH is 1. The molecule has 0 spiro atoms. The van der Waals surface area contributed by atoms with Crippen molar-refractivity contribution in [3.05, 3.63) is 28.9 Å². The molecular weight excluding hydrogens is 360 g/mol. The summed E-state index contributed by atoms with van der Waals surface area (Å²) in [5.74, 6) is 0. The van der Waals surface area contributed by atoms with Crippen molar-refractivity contribution in [2.75, 3.05) is 18.5 Å². The molecule has 3 heterocycles. The number of aromatic nitrogens is 3. The van der Waals surface area contributed by atoms with Gasteiger partial charge in [0.05, 0.1) is 29.0 Å². The fraction of sp³-hybridized carbons (Fsp3) is 0.550. The Morgan fingerprint density at radius 3 is 2.85 bits per heavy atom. The zero-order valence-corrected chi connectivity index (χ0v) is 16.7. The van der Waals surface area contributed by atoms with E-state index in [0.717, 1.165) is 40.8 Å². The molecule has 1 saturated carbocycles. The Bertz CT molecular complexity index is 1000. The van der Waals surface area contributed by atoms with Crippen LogP contribution in [0.2, 0.25) is 0 Å². The lowest BCUT2D eigenvalue weighted by molar-refractivity contribution is 0.187. The molecule has 3 aromatic rings. The second-order valence-corrected chi connectivity index (χ2v) is 8.60. The first-order valence-corrected chi connectivity index (χ1v) is 10.6. The molecule has 0 aliphatic heterocycles. The summed E-state index contributed by atoms with van der Waals surface area (Å²) in [4.78, 5) is 25.3. The lowest BCUT2D eigenvalue weighted by Crippen LogP contribution is -2.26. The van der Waals surface area contributed by atoms with Gasteiger partial charge in [-0.3, -0.25) is 9.36 Å². The Hall–Kier alpha value is -1.99. The maximum atomic E-state index is 13.2. The van der Waals surface area contributed by atoms with Crippen molar-refractivity contribution < 1.29 is 5.11 Å². The second-order valence-electron chi connectivity index (χ2n) is 7.60. The Labute approximate surface area is 162 Å². The van der Waals surface area contributed by atoms with E-state index in [1.54, 1.807) is 19.4 Å². The summed E-state index contributed by atoms with van der Waals surface area (Å²) in [6.45, 7) is 2.53. The molecule has 0 aromatic carbocycles. The summed E-state index contributed by atoms with van der Waals surface area (Å²) in [5.41, 5.74) is 1.82. The van der Waals surface area contributed by atoms with Crippen LogP contribution in [0.4, 0.5) is 5.69 Å². The van der Waals surface area contributed by atoms with E-state index in [0.29, 0.717) is 11.1 Å². The summed E-state index contributed by atoms with van der Waals surface area (Å²) < 4.78 is 2.54. The molecule has 1 atom stereocenters. The predicted molar refractivity (Wildman–Crippen MR) is 111 cm³/mol. The van der Waals surface area contributed by atoms with Gasteiger partial charge in [-0.15, -0.1) is 11.3 Å². The first-order valence-electron chi connectivity index (χ1n) is 9.74. The second kappa shape index (κ2) is 7.56. The molecule has 3 aromatic heterocycles. The maximum absolute atomic E-state index is 13.2. The van der Waals surface area contributed by atoms with Gasteiger partial charge in [0, 0.05) is 25.8 Å². The van der Waals surface area contributed by atoms with Crippen LogP contribution in [0.25, 0.3) is 20.4 Å². The van der Waals surface area contributed by atoms with Gasteiger partial charge in [-0.2, -0.15) is 0 Å². The highest BCUT2D eigenvalue weighted by atomic mass is 32.1. The summed E-state index contributed by atoms with van der Waals surface area (Å²) >= 11 is 1.44. The van der Waals surface area contributed by atoms with Crippen LogP contribution in [0.5, 0.6) is 0 Å². The SMILES string of the molecule is C[C@H](O)CCN(C)c1ccnc2sc3c(=O)n(C4CCCCC4)cnc3c12. The largest absolute Gasteiger partial charge is 0.393 e. The van der Waals surface area contributed by atoms with E-state index in [9.17, 15) is 9.90 Å². The van der Waals surface area contributed by atoms with Crippen LogP contribution in [0.3, 0.4) is 0 Å². The van der Waals surface area contributed by atoms with Gasteiger partial charge in [0.25, 0.3) is 5.56 Å². The zero-order valence-electron chi connectivity index (χ0n) is 15.9. The Kier molecular flexibility index (Phi) is 5.14. The molecule has 0 saturated heterocycles. The van der Waals surface area contributed by atoms with E-state index in [1.165, 1.54) is 30.6 Å². The van der Waals surface area contributed by atoms with Crippen molar-refractivity contribution in [1.29, 1.82) is 0 Å². The van der Waals surface area contributed by atoms with Crippen molar-refractivity contribution in [2.24, 2.45) is 0 Å². The van der Waals surface area contributed by atoms with E-state index in [4.69, 9.17) is 4.98 Å². The van der Waals surface area contributed by atoms with E-state index in [1.807, 2.05) is 17.7 Å². The highest BCUT2D eigenvalue weighted by Crippen LogP contribution is 2.36. The summed E-state index contributed by atoms with van der Waals surface area (Å²) in [6.07, 6.45) is 9.60. The quantitative estimate of drug-likeness (QED) is 0.724. The van der Waals surface area contributed by atoms with Crippen molar-refractivity contribution in [3.63, 3.8) is 0 Å². The van der Waals surface area contributed by atoms with Crippen molar-refractivity contribution in [1.82, 2.24) is 14.5 Å². The third kappa shape index (κ3) is 3.46. The number of rotatable bonds is 5. The van der Waals surface area contributed by atoms with E-state index in [2.05, 4.69) is 9.88 Å². The van der Waals surface area contributed by atoms with Crippen LogP contribution in [0.15, 0.2) is 23.4 Å². The maximum Gasteiger partial charge on any atom is 0.271 e. The molecule has 0 amide bonds. The standard InChI is InChI=1S/C20H26N4O2S/c1-13(25)9-11-23(2)15-8-10-21-19-16(15)17-18(27-19)20(26)24(12-22-17)14-6-4-3-5-7-14/h8,10,12-14,25H,3-7,9,11H2,1-2H3/t13-/m0/s1. The highest BCUT2D eigenvalue weighted by Gasteiger charge is 2.21. The smallest absolute Gasteiger partial charge is 0.271 e. The van der Waals surface area contributed by atoms with Crippen LogP contribution >= 0.6 is 11.3 Å². The van der Waals surface area contributed by atoms with Gasteiger partial charge in [0.1, 0.15) is 9.53 Å². The molecule has 1 aliphatic carbocycles. The first-order chi connectivity index (χ1) is 13.1. The molecular formula is C20H26N4O2S. The van der Waals surface area contributed by atoms with Crippen molar-refractivity contribution in [3.8, 4) is 0 Å². The Balaban J connectivity index is 1.80. The molecule has 6 nitrogen and oxygen atoms in total. The number of hydrogen-bond donors (Lipinski definition) is 1. The van der Waals surface area contributed by atoms with Crippen molar-refractivity contribution in [2.45, 2.75) is 57.6 Å². The normalized spacial score (nSPS) is 16.9. The molecule has 1 N–H and O–H groups in total. The highest BCUT2D eigenvalue weighted by molar-refractivity contribution is 7.25. The number of aliphatic hydroxyl groups is 1. The minimum atomic E-state index is -0.343. The summed E-state index contributed by atoms with van der Waals surface area (Å²) in [5, 5.41) is 10.5. The van der Waals surface area contributed by atoms with E-state index >= 15 is 0 Å². The molecule has 7 heteroatoms. The number of fused-ring (bicyclic) bond motifs is 3. The fourth-order valence-electron chi connectivity index (χ4n) is 3.99. The van der Waals surface area contributed by atoms with Gasteiger partial charge in [0.15, 0.2) is 0 Å². The minimum Gasteiger partial charge on any atom is -0.393 e. The molecule has 0 bridgehead atoms. The Morgan fingerprint density at radius 2 is 2.11 bits per heavy atom. The lowest BCUT2D eigenvalue weighted by atomic mass is 9.95. The third-order valence-corrected chi connectivity index (χ3v) is 6.62. The summed E-state index contributed by atoms with van der Waals surface area (Å²) in [6, 6.07) is 2.24. The van der Waals surface area contributed by atoms with Crippen LogP contribution in [0, 0.1) is 0 Å². The fourth-order valence-corrected chi connectivity index (χ4v) is 5.04. The number of anilines is 1. The zero-order chi connectivity index (χ0) is 19.0. The van der Waals surface area contributed by atoms with Crippen molar-refractivity contribution >= 4 is 37.5 Å². The van der Waals surface area contributed by atoms with Gasteiger partial charge >= 0.3 is 0 Å². The van der Waals surface area contributed by atoms with Gasteiger partial charge in [-0.1, -0.05) is 19.3 Å². The van der Waals surface area contributed by atoms with E-state index in [-0.39, 0.29) is 17.7 Å². The topological polar surface area (TPSA) is 71.2 Å². The van der Waals surface area contributed by atoms with Gasteiger partial charge in [0.2, 0.25) is 0 Å². The number of pyridine rings is 1. The van der Waals surface area contributed by atoms with Crippen LogP contribution in [-0.2, 0) is 0 Å². The monoisotopic (exact) mass is 386 g/mol. The molecule has 27 heavy (non-hydrogen) atoms. The molecule has 144 valence electrons. The van der Waals surface area contributed by atoms with Crippen LogP contribution in [-0.4, -0.2) is 39.3 Å². The van der Waals surface area contributed by atoms with Crippen LogP contribution < -0.4 is 10.5 Å². The van der Waals surface area contributed by atoms with Gasteiger partial charge < -0.3 is 10.0 Å². The molecule has 1 fully saturated rings. The molecule has 0 radical (unpaired) electrons. The average Bonchev–Trinajstić information content (AvgIpc) is 3.07. The van der Waals surface area contributed by atoms with Gasteiger partial charge in [-0.05, 0) is 32.3 Å². The Morgan fingerprint density at radius 1 is 1.33 bits per heavy atom. The lowest BCUT2D eigenvalue weighted by Gasteiger charge is -2.23. The van der Waals surface area contributed by atoms with Crippen LogP contribution in [0.1, 0.15) is 51.5 Å². The predicted octanol–water partition coefficient (Wildman–Crippen LogP) is 3.72. The molecule has 0 unspecified atom stereocenters. The van der Waals surface area contributed by atoms with Gasteiger partial charge in [-0.25, -0.2) is 9.97 Å². The number of thiophene rings is 1. The third-order valence-electron chi connectivity index (χ3n) is 5.55.